The fourth-order valence-electron chi connectivity index (χ4n) is 3.24. The minimum atomic E-state index is -1.18. The molecular formula is C21H25N3O3. The van der Waals surface area contributed by atoms with E-state index in [4.69, 9.17) is 0 Å². The molecule has 1 fully saturated rings. The first-order chi connectivity index (χ1) is 12.8. The third kappa shape index (κ3) is 3.79. The van der Waals surface area contributed by atoms with Crippen molar-refractivity contribution in [2.24, 2.45) is 5.92 Å². The fourth-order valence-corrected chi connectivity index (χ4v) is 3.24. The molecule has 1 unspecified atom stereocenters. The molecule has 2 N–H and O–H groups in total. The summed E-state index contributed by atoms with van der Waals surface area (Å²) in [7, 11) is 0. The lowest BCUT2D eigenvalue weighted by Crippen LogP contribution is -2.43. The number of carbonyl (C=O) groups excluding carboxylic acids is 3. The topological polar surface area (TPSA) is 78.5 Å². The number of hydrogen-bond acceptors (Lipinski definition) is 3. The Morgan fingerprint density at radius 3 is 2.56 bits per heavy atom. The average Bonchev–Trinajstić information content (AvgIpc) is 2.85. The molecule has 0 spiro atoms. The zero-order valence-electron chi connectivity index (χ0n) is 15.9. The van der Waals surface area contributed by atoms with E-state index in [-0.39, 0.29) is 12.5 Å². The Hall–Kier alpha value is -2.89. The molecule has 27 heavy (non-hydrogen) atoms. The first kappa shape index (κ1) is 18.9. The minimum Gasteiger partial charge on any atom is -0.355 e. The van der Waals surface area contributed by atoms with Crippen LogP contribution in [0.15, 0.2) is 42.5 Å². The van der Waals surface area contributed by atoms with Crippen LogP contribution >= 0.6 is 0 Å². The van der Waals surface area contributed by atoms with Crippen LogP contribution in [0.3, 0.4) is 0 Å². The number of nitrogens with zero attached hydrogens (tertiary/aromatic N) is 1. The summed E-state index contributed by atoms with van der Waals surface area (Å²) in [6.07, 6.45) is 0.848. The highest BCUT2D eigenvalue weighted by Gasteiger charge is 2.49. The molecule has 1 atom stereocenters. The Kier molecular flexibility index (Phi) is 5.17. The van der Waals surface area contributed by atoms with Gasteiger partial charge in [-0.05, 0) is 41.7 Å². The molecule has 6 nitrogen and oxygen atoms in total. The highest BCUT2D eigenvalue weighted by molar-refractivity contribution is 6.09. The first-order valence-electron chi connectivity index (χ1n) is 9.21. The third-order valence-corrected chi connectivity index (χ3v) is 4.95. The summed E-state index contributed by atoms with van der Waals surface area (Å²) in [4.78, 5) is 38.4. The van der Waals surface area contributed by atoms with E-state index in [0.29, 0.717) is 18.0 Å². The van der Waals surface area contributed by atoms with E-state index in [1.54, 1.807) is 6.92 Å². The summed E-state index contributed by atoms with van der Waals surface area (Å²) in [6.45, 7) is 6.07. The molecule has 3 rings (SSSR count). The molecule has 6 heteroatoms. The molecule has 1 saturated heterocycles. The summed E-state index contributed by atoms with van der Waals surface area (Å²) < 4.78 is 0. The van der Waals surface area contributed by atoms with Crippen LogP contribution in [0.2, 0.25) is 0 Å². The van der Waals surface area contributed by atoms with Crippen molar-refractivity contribution in [3.63, 3.8) is 0 Å². The number of nitrogens with one attached hydrogen (secondary N) is 2. The molecule has 4 amide bonds. The van der Waals surface area contributed by atoms with Crippen LogP contribution in [-0.2, 0) is 15.1 Å². The number of benzene rings is 2. The normalized spacial score (nSPS) is 19.6. The van der Waals surface area contributed by atoms with Crippen LogP contribution in [0.1, 0.15) is 32.8 Å². The number of fused-ring (bicyclic) bond motifs is 1. The van der Waals surface area contributed by atoms with Crippen molar-refractivity contribution in [2.75, 3.05) is 13.1 Å². The number of imide groups is 1. The van der Waals surface area contributed by atoms with E-state index < -0.39 is 17.5 Å². The second kappa shape index (κ2) is 7.39. The van der Waals surface area contributed by atoms with Crippen molar-refractivity contribution in [1.82, 2.24) is 15.5 Å². The van der Waals surface area contributed by atoms with Crippen molar-refractivity contribution in [3.05, 3.63) is 48.0 Å². The van der Waals surface area contributed by atoms with Gasteiger partial charge in [0.15, 0.2) is 0 Å². The lowest BCUT2D eigenvalue weighted by molar-refractivity contribution is -0.134. The molecule has 142 valence electrons. The summed E-state index contributed by atoms with van der Waals surface area (Å²) in [6, 6.07) is 13.0. The van der Waals surface area contributed by atoms with Crippen LogP contribution < -0.4 is 10.6 Å². The Balaban J connectivity index is 1.76. The van der Waals surface area contributed by atoms with Gasteiger partial charge in [-0.25, -0.2) is 4.79 Å². The van der Waals surface area contributed by atoms with Gasteiger partial charge in [-0.3, -0.25) is 14.5 Å². The molecule has 1 aliphatic heterocycles. The third-order valence-electron chi connectivity index (χ3n) is 4.95. The predicted molar refractivity (Wildman–Crippen MR) is 104 cm³/mol. The number of rotatable bonds is 6. The molecule has 0 aliphatic carbocycles. The maximum absolute atomic E-state index is 13.0. The number of urea groups is 1. The van der Waals surface area contributed by atoms with Gasteiger partial charge < -0.3 is 10.6 Å². The SMILES string of the molecule is CC(C)CCNC(=O)CN1C(=O)NC(C)(c2ccc3ccccc3c2)C1=O. The smallest absolute Gasteiger partial charge is 0.325 e. The maximum atomic E-state index is 13.0. The second-order valence-electron chi connectivity index (χ2n) is 7.54. The van der Waals surface area contributed by atoms with Gasteiger partial charge in [-0.2, -0.15) is 0 Å². The number of carbonyl (C=O) groups is 3. The van der Waals surface area contributed by atoms with E-state index in [2.05, 4.69) is 24.5 Å². The average molecular weight is 367 g/mol. The van der Waals surface area contributed by atoms with Crippen LogP contribution in [0.4, 0.5) is 4.79 Å². The van der Waals surface area contributed by atoms with E-state index in [9.17, 15) is 14.4 Å². The van der Waals surface area contributed by atoms with Gasteiger partial charge in [-0.1, -0.05) is 50.2 Å². The molecule has 2 aromatic rings. The molecule has 0 saturated carbocycles. The monoisotopic (exact) mass is 367 g/mol. The largest absolute Gasteiger partial charge is 0.355 e. The highest BCUT2D eigenvalue weighted by atomic mass is 16.2. The van der Waals surface area contributed by atoms with Gasteiger partial charge in [0.1, 0.15) is 12.1 Å². The number of amides is 4. The van der Waals surface area contributed by atoms with E-state index in [1.807, 2.05) is 42.5 Å². The fraction of sp³-hybridized carbons (Fsp3) is 0.381. The molecule has 0 radical (unpaired) electrons. The molecule has 1 heterocycles. The van der Waals surface area contributed by atoms with Gasteiger partial charge in [0.05, 0.1) is 0 Å². The summed E-state index contributed by atoms with van der Waals surface area (Å²) >= 11 is 0. The lowest BCUT2D eigenvalue weighted by Gasteiger charge is -2.22. The van der Waals surface area contributed by atoms with Crippen molar-refractivity contribution < 1.29 is 14.4 Å². The van der Waals surface area contributed by atoms with E-state index in [0.717, 1.165) is 22.1 Å². The zero-order chi connectivity index (χ0) is 19.6. The van der Waals surface area contributed by atoms with Gasteiger partial charge >= 0.3 is 6.03 Å². The Morgan fingerprint density at radius 1 is 1.15 bits per heavy atom. The predicted octanol–water partition coefficient (Wildman–Crippen LogP) is 2.77. The molecule has 0 bridgehead atoms. The minimum absolute atomic E-state index is 0.272. The first-order valence-corrected chi connectivity index (χ1v) is 9.21. The number of hydrogen-bond donors (Lipinski definition) is 2. The molecule has 1 aliphatic rings. The molecular weight excluding hydrogens is 342 g/mol. The lowest BCUT2D eigenvalue weighted by atomic mass is 9.90. The van der Waals surface area contributed by atoms with E-state index in [1.165, 1.54) is 0 Å². The van der Waals surface area contributed by atoms with Crippen molar-refractivity contribution in [3.8, 4) is 0 Å². The Morgan fingerprint density at radius 2 is 1.85 bits per heavy atom. The van der Waals surface area contributed by atoms with Crippen LogP contribution in [0.25, 0.3) is 10.8 Å². The van der Waals surface area contributed by atoms with E-state index >= 15 is 0 Å². The van der Waals surface area contributed by atoms with Crippen molar-refractivity contribution in [1.29, 1.82) is 0 Å². The van der Waals surface area contributed by atoms with Gasteiger partial charge in [0.2, 0.25) is 5.91 Å². The van der Waals surface area contributed by atoms with Gasteiger partial charge in [-0.15, -0.1) is 0 Å². The highest BCUT2D eigenvalue weighted by Crippen LogP contribution is 2.30. The van der Waals surface area contributed by atoms with Gasteiger partial charge in [0.25, 0.3) is 5.91 Å². The summed E-state index contributed by atoms with van der Waals surface area (Å²) in [5, 5.41) is 7.56. The summed E-state index contributed by atoms with van der Waals surface area (Å²) in [5.74, 6) is -0.276. The van der Waals surface area contributed by atoms with Gasteiger partial charge in [0, 0.05) is 6.54 Å². The maximum Gasteiger partial charge on any atom is 0.325 e. The van der Waals surface area contributed by atoms with Crippen LogP contribution in [0, 0.1) is 5.92 Å². The van der Waals surface area contributed by atoms with Crippen molar-refractivity contribution in [2.45, 2.75) is 32.7 Å². The standard InChI is InChI=1S/C21H25N3O3/c1-14(2)10-11-22-18(25)13-24-19(26)21(3,23-20(24)27)17-9-8-15-6-4-5-7-16(15)12-17/h4-9,12,14H,10-11,13H2,1-3H3,(H,22,25)(H,23,27). The Bertz CT molecular complexity index is 893. The molecule has 0 aromatic heterocycles. The molecule has 2 aromatic carbocycles. The second-order valence-corrected chi connectivity index (χ2v) is 7.54. The quantitative estimate of drug-likeness (QED) is 0.771. The summed E-state index contributed by atoms with van der Waals surface area (Å²) in [5.41, 5.74) is -0.485. The zero-order valence-corrected chi connectivity index (χ0v) is 15.9. The van der Waals surface area contributed by atoms with Crippen LogP contribution in [-0.4, -0.2) is 35.8 Å². The van der Waals surface area contributed by atoms with Crippen LogP contribution in [0.5, 0.6) is 0 Å². The Labute approximate surface area is 158 Å². The van der Waals surface area contributed by atoms with Crippen molar-refractivity contribution >= 4 is 28.6 Å².